The van der Waals surface area contributed by atoms with Crippen LogP contribution in [0.3, 0.4) is 0 Å². The average molecular weight is 315 g/mol. The molecule has 2 aliphatic rings. The number of hydrogen-bond donors (Lipinski definition) is 1. The van der Waals surface area contributed by atoms with Gasteiger partial charge in [-0.25, -0.2) is 4.79 Å². The summed E-state index contributed by atoms with van der Waals surface area (Å²) in [6.07, 6.45) is 4.28. The SMILES string of the molecule is COC(=O)c1ccc(NC(=O)C2C[C@H]3CCC[C@H](C2)C3=O)cc1. The molecule has 2 atom stereocenters. The molecule has 2 aliphatic carbocycles. The highest BCUT2D eigenvalue weighted by Gasteiger charge is 2.41. The van der Waals surface area contributed by atoms with Gasteiger partial charge in [-0.3, -0.25) is 9.59 Å². The van der Waals surface area contributed by atoms with Crippen LogP contribution in [-0.4, -0.2) is 24.8 Å². The van der Waals surface area contributed by atoms with Crippen LogP contribution in [0.5, 0.6) is 0 Å². The number of Topliss-reactive ketones (excluding diaryl/α,β-unsaturated/α-hetero) is 1. The maximum atomic E-state index is 12.5. The Kier molecular flexibility index (Phi) is 4.46. The van der Waals surface area contributed by atoms with E-state index in [0.717, 1.165) is 19.3 Å². The lowest BCUT2D eigenvalue weighted by Gasteiger charge is -2.36. The Balaban J connectivity index is 1.63. The standard InChI is InChI=1S/C18H21NO4/c1-23-18(22)11-5-7-15(8-6-11)19-17(21)14-9-12-3-2-4-13(10-14)16(12)20/h5-8,12-14H,2-4,9-10H2,1H3,(H,19,21)/t12-,13-/m1/s1. The second-order valence-corrected chi connectivity index (χ2v) is 6.45. The lowest BCUT2D eigenvalue weighted by atomic mass is 9.67. The Labute approximate surface area is 135 Å². The molecule has 5 heteroatoms. The van der Waals surface area contributed by atoms with E-state index in [4.69, 9.17) is 0 Å². The summed E-state index contributed by atoms with van der Waals surface area (Å²) in [6, 6.07) is 6.64. The smallest absolute Gasteiger partial charge is 0.337 e. The number of rotatable bonds is 3. The van der Waals surface area contributed by atoms with Gasteiger partial charge in [-0.15, -0.1) is 0 Å². The number of ketones is 1. The lowest BCUT2D eigenvalue weighted by molar-refractivity contribution is -0.136. The number of carbonyl (C=O) groups excluding carboxylic acids is 3. The third kappa shape index (κ3) is 3.28. The number of hydrogen-bond acceptors (Lipinski definition) is 4. The highest BCUT2D eigenvalue weighted by atomic mass is 16.5. The molecular formula is C18H21NO4. The molecule has 122 valence electrons. The van der Waals surface area contributed by atoms with Gasteiger partial charge in [-0.1, -0.05) is 6.42 Å². The minimum absolute atomic E-state index is 0.0276. The molecule has 2 fully saturated rings. The van der Waals surface area contributed by atoms with Gasteiger partial charge in [-0.2, -0.15) is 0 Å². The largest absolute Gasteiger partial charge is 0.465 e. The molecule has 1 aromatic carbocycles. The van der Waals surface area contributed by atoms with E-state index in [1.807, 2.05) is 0 Å². The molecule has 1 N–H and O–H groups in total. The first-order chi connectivity index (χ1) is 11.1. The van der Waals surface area contributed by atoms with Crippen LogP contribution >= 0.6 is 0 Å². The maximum Gasteiger partial charge on any atom is 0.337 e. The fraction of sp³-hybridized carbons (Fsp3) is 0.500. The number of methoxy groups -OCH3 is 1. The van der Waals surface area contributed by atoms with Crippen molar-refractivity contribution in [1.29, 1.82) is 0 Å². The summed E-state index contributed by atoms with van der Waals surface area (Å²) in [7, 11) is 1.33. The Bertz CT molecular complexity index is 606. The van der Waals surface area contributed by atoms with Gasteiger partial charge in [0.15, 0.2) is 0 Å². The molecular weight excluding hydrogens is 294 g/mol. The zero-order valence-corrected chi connectivity index (χ0v) is 13.2. The van der Waals surface area contributed by atoms with Crippen LogP contribution < -0.4 is 5.32 Å². The molecule has 2 saturated carbocycles. The van der Waals surface area contributed by atoms with Crippen molar-refractivity contribution >= 4 is 23.3 Å². The Hall–Kier alpha value is -2.17. The summed E-state index contributed by atoms with van der Waals surface area (Å²) in [4.78, 5) is 35.9. The van der Waals surface area contributed by atoms with E-state index in [0.29, 0.717) is 29.9 Å². The predicted molar refractivity (Wildman–Crippen MR) is 85.0 cm³/mol. The third-order valence-corrected chi connectivity index (χ3v) is 4.99. The van der Waals surface area contributed by atoms with Crippen LogP contribution in [0.15, 0.2) is 24.3 Å². The zero-order chi connectivity index (χ0) is 16.4. The molecule has 0 saturated heterocycles. The molecule has 0 aromatic heterocycles. The van der Waals surface area contributed by atoms with Crippen molar-refractivity contribution < 1.29 is 19.1 Å². The molecule has 1 amide bonds. The summed E-state index contributed by atoms with van der Waals surface area (Å²) >= 11 is 0. The van der Waals surface area contributed by atoms with Crippen molar-refractivity contribution in [3.8, 4) is 0 Å². The molecule has 0 spiro atoms. The number of anilines is 1. The summed E-state index contributed by atoms with van der Waals surface area (Å²) in [5, 5.41) is 2.90. The molecule has 1 aromatic rings. The topological polar surface area (TPSA) is 72.5 Å². The third-order valence-electron chi connectivity index (χ3n) is 4.99. The number of benzene rings is 1. The van der Waals surface area contributed by atoms with Gasteiger partial charge in [0.1, 0.15) is 5.78 Å². The molecule has 0 heterocycles. The number of amides is 1. The van der Waals surface area contributed by atoms with Gasteiger partial charge >= 0.3 is 5.97 Å². The van der Waals surface area contributed by atoms with E-state index in [1.54, 1.807) is 24.3 Å². The van der Waals surface area contributed by atoms with E-state index in [1.165, 1.54) is 7.11 Å². The first-order valence-electron chi connectivity index (χ1n) is 8.11. The molecule has 3 rings (SSSR count). The second kappa shape index (κ2) is 6.52. The van der Waals surface area contributed by atoms with Crippen molar-refractivity contribution in [2.75, 3.05) is 12.4 Å². The lowest BCUT2D eigenvalue weighted by Crippen LogP contribution is -2.40. The van der Waals surface area contributed by atoms with Gasteiger partial charge in [0.2, 0.25) is 5.91 Å². The fourth-order valence-corrected chi connectivity index (χ4v) is 3.75. The molecule has 5 nitrogen and oxygen atoms in total. The van der Waals surface area contributed by atoms with E-state index in [-0.39, 0.29) is 23.7 Å². The molecule has 2 bridgehead atoms. The van der Waals surface area contributed by atoms with E-state index in [2.05, 4.69) is 10.1 Å². The minimum atomic E-state index is -0.401. The Morgan fingerprint density at radius 2 is 1.70 bits per heavy atom. The van der Waals surface area contributed by atoms with Crippen LogP contribution in [0.25, 0.3) is 0 Å². The van der Waals surface area contributed by atoms with Crippen molar-refractivity contribution in [3.63, 3.8) is 0 Å². The summed E-state index contributed by atoms with van der Waals surface area (Å²) in [5.41, 5.74) is 1.10. The highest BCUT2D eigenvalue weighted by Crippen LogP contribution is 2.40. The minimum Gasteiger partial charge on any atom is -0.465 e. The quantitative estimate of drug-likeness (QED) is 0.871. The Morgan fingerprint density at radius 1 is 1.09 bits per heavy atom. The van der Waals surface area contributed by atoms with Crippen LogP contribution in [0.4, 0.5) is 5.69 Å². The highest BCUT2D eigenvalue weighted by molar-refractivity contribution is 5.96. The second-order valence-electron chi connectivity index (χ2n) is 6.45. The fourth-order valence-electron chi connectivity index (χ4n) is 3.75. The summed E-state index contributed by atoms with van der Waals surface area (Å²) in [5.74, 6) is -0.0207. The van der Waals surface area contributed by atoms with E-state index < -0.39 is 5.97 Å². The van der Waals surface area contributed by atoms with Crippen LogP contribution in [-0.2, 0) is 14.3 Å². The molecule has 0 unspecified atom stereocenters. The van der Waals surface area contributed by atoms with Crippen LogP contribution in [0, 0.1) is 17.8 Å². The van der Waals surface area contributed by atoms with Gasteiger partial charge in [0.05, 0.1) is 12.7 Å². The number of ether oxygens (including phenoxy) is 1. The van der Waals surface area contributed by atoms with Gasteiger partial charge < -0.3 is 10.1 Å². The van der Waals surface area contributed by atoms with Crippen molar-refractivity contribution in [2.24, 2.45) is 17.8 Å². The van der Waals surface area contributed by atoms with Gasteiger partial charge in [0.25, 0.3) is 0 Å². The van der Waals surface area contributed by atoms with E-state index in [9.17, 15) is 14.4 Å². The average Bonchev–Trinajstić information content (AvgIpc) is 2.54. The summed E-state index contributed by atoms with van der Waals surface area (Å²) < 4.78 is 4.65. The Morgan fingerprint density at radius 3 is 2.26 bits per heavy atom. The molecule has 0 aliphatic heterocycles. The van der Waals surface area contributed by atoms with Crippen molar-refractivity contribution in [3.05, 3.63) is 29.8 Å². The zero-order valence-electron chi connectivity index (χ0n) is 13.2. The van der Waals surface area contributed by atoms with E-state index >= 15 is 0 Å². The number of esters is 1. The number of nitrogens with one attached hydrogen (secondary N) is 1. The van der Waals surface area contributed by atoms with Gasteiger partial charge in [-0.05, 0) is 49.9 Å². The van der Waals surface area contributed by atoms with Crippen LogP contribution in [0.2, 0.25) is 0 Å². The molecule has 23 heavy (non-hydrogen) atoms. The summed E-state index contributed by atoms with van der Waals surface area (Å²) in [6.45, 7) is 0. The van der Waals surface area contributed by atoms with Crippen molar-refractivity contribution in [1.82, 2.24) is 0 Å². The first kappa shape index (κ1) is 15.7. The number of carbonyl (C=O) groups is 3. The molecule has 0 radical (unpaired) electrons. The maximum absolute atomic E-state index is 12.5. The predicted octanol–water partition coefficient (Wildman–Crippen LogP) is 2.81. The van der Waals surface area contributed by atoms with Crippen molar-refractivity contribution in [2.45, 2.75) is 32.1 Å². The normalized spacial score (nSPS) is 26.5. The first-order valence-corrected chi connectivity index (χ1v) is 8.11. The van der Waals surface area contributed by atoms with Crippen LogP contribution in [0.1, 0.15) is 42.5 Å². The van der Waals surface area contributed by atoms with Gasteiger partial charge in [0, 0.05) is 23.4 Å². The monoisotopic (exact) mass is 315 g/mol. The number of fused-ring (bicyclic) bond motifs is 2.